The smallest absolute Gasteiger partial charge is 0.253 e. The molecule has 0 saturated carbocycles. The van der Waals surface area contributed by atoms with Crippen LogP contribution >= 0.6 is 39.1 Å². The number of pyridine rings is 1. The van der Waals surface area contributed by atoms with Gasteiger partial charge in [-0.25, -0.2) is 14.1 Å². The summed E-state index contributed by atoms with van der Waals surface area (Å²) in [5, 5.41) is 10.2. The number of aryl methyl sites for hydroxylation is 1. The molecule has 0 aliphatic rings. The number of amides is 2. The van der Waals surface area contributed by atoms with Crippen molar-refractivity contribution in [3.8, 4) is 5.82 Å². The van der Waals surface area contributed by atoms with Crippen molar-refractivity contribution in [2.24, 2.45) is 0 Å². The number of nitrogens with one attached hydrogen (secondary N) is 2. The minimum Gasteiger partial charge on any atom is -0.348 e. The van der Waals surface area contributed by atoms with E-state index in [0.717, 1.165) is 11.6 Å². The number of hydrogen-bond acceptors (Lipinski definition) is 4. The molecule has 0 fully saturated rings. The minimum absolute atomic E-state index is 0.0451. The van der Waals surface area contributed by atoms with E-state index >= 15 is 4.39 Å². The number of halogens is 4. The van der Waals surface area contributed by atoms with Gasteiger partial charge in [0.25, 0.3) is 11.8 Å². The van der Waals surface area contributed by atoms with Crippen molar-refractivity contribution in [1.29, 1.82) is 0 Å². The summed E-state index contributed by atoms with van der Waals surface area (Å²) in [5.41, 5.74) is 1.76. The first-order chi connectivity index (χ1) is 17.7. The van der Waals surface area contributed by atoms with Crippen LogP contribution in [0.15, 0.2) is 77.5 Å². The van der Waals surface area contributed by atoms with E-state index in [1.165, 1.54) is 23.0 Å². The predicted octanol–water partition coefficient (Wildman–Crippen LogP) is 6.52. The lowest BCUT2D eigenvalue weighted by Crippen LogP contribution is -2.25. The minimum atomic E-state index is -0.890. The maximum Gasteiger partial charge on any atom is 0.253 e. The average Bonchev–Trinajstić information content (AvgIpc) is 3.26. The second-order valence-electron chi connectivity index (χ2n) is 7.87. The summed E-state index contributed by atoms with van der Waals surface area (Å²) >= 11 is 15.6. The van der Waals surface area contributed by atoms with E-state index in [1.807, 2.05) is 30.3 Å². The van der Waals surface area contributed by atoms with Gasteiger partial charge < -0.3 is 10.6 Å². The fourth-order valence-electron chi connectivity index (χ4n) is 3.53. The van der Waals surface area contributed by atoms with Crippen molar-refractivity contribution >= 4 is 62.5 Å². The molecule has 2 amide bonds. The Morgan fingerprint density at radius 3 is 2.59 bits per heavy atom. The number of carbonyl (C=O) groups is 2. The Kier molecular flexibility index (Phi) is 8.38. The van der Waals surface area contributed by atoms with Crippen molar-refractivity contribution < 1.29 is 14.0 Å². The summed E-state index contributed by atoms with van der Waals surface area (Å²) in [7, 11) is 0. The van der Waals surface area contributed by atoms with Crippen LogP contribution in [0.5, 0.6) is 0 Å². The SMILES string of the molecule is Cc1cc(Cl)cc(C(=O)NCc2ccccc2)c1NC(=O)/C=C(/F)c1cc(Br)nn1-c1ncccc1Cl. The van der Waals surface area contributed by atoms with E-state index in [9.17, 15) is 9.59 Å². The highest BCUT2D eigenvalue weighted by Gasteiger charge is 2.19. The van der Waals surface area contributed by atoms with E-state index in [-0.39, 0.29) is 34.3 Å². The summed E-state index contributed by atoms with van der Waals surface area (Å²) in [6.07, 6.45) is 2.25. The van der Waals surface area contributed by atoms with Gasteiger partial charge in [-0.3, -0.25) is 9.59 Å². The molecule has 0 aliphatic heterocycles. The average molecular weight is 603 g/mol. The molecule has 2 heterocycles. The summed E-state index contributed by atoms with van der Waals surface area (Å²) in [6, 6.07) is 17.0. The van der Waals surface area contributed by atoms with Crippen LogP contribution in [-0.4, -0.2) is 26.6 Å². The molecule has 0 atom stereocenters. The van der Waals surface area contributed by atoms with Gasteiger partial charge in [0.1, 0.15) is 10.3 Å². The molecule has 2 aromatic heterocycles. The van der Waals surface area contributed by atoms with Gasteiger partial charge in [-0.2, -0.15) is 5.10 Å². The Morgan fingerprint density at radius 1 is 1.11 bits per heavy atom. The molecule has 0 bridgehead atoms. The maximum absolute atomic E-state index is 15.3. The van der Waals surface area contributed by atoms with Crippen LogP contribution < -0.4 is 10.6 Å². The van der Waals surface area contributed by atoms with Gasteiger partial charge in [-0.15, -0.1) is 0 Å². The second-order valence-corrected chi connectivity index (χ2v) is 9.52. The molecule has 7 nitrogen and oxygen atoms in total. The molecule has 0 unspecified atom stereocenters. The zero-order valence-corrected chi connectivity index (χ0v) is 22.4. The van der Waals surface area contributed by atoms with Gasteiger partial charge in [0.15, 0.2) is 11.6 Å². The lowest BCUT2D eigenvalue weighted by atomic mass is 10.1. The molecule has 2 aromatic carbocycles. The molecule has 2 N–H and O–H groups in total. The van der Waals surface area contributed by atoms with E-state index in [0.29, 0.717) is 15.2 Å². The third kappa shape index (κ3) is 6.43. The number of hydrogen-bond donors (Lipinski definition) is 2. The monoisotopic (exact) mass is 601 g/mol. The summed E-state index contributed by atoms with van der Waals surface area (Å²) in [5.74, 6) is -1.93. The molecule has 0 aliphatic carbocycles. The first-order valence-corrected chi connectivity index (χ1v) is 12.4. The molecule has 37 heavy (non-hydrogen) atoms. The van der Waals surface area contributed by atoms with Crippen LogP contribution in [0.1, 0.15) is 27.2 Å². The van der Waals surface area contributed by atoms with Gasteiger partial charge in [0, 0.05) is 29.9 Å². The van der Waals surface area contributed by atoms with Crippen LogP contribution in [0.25, 0.3) is 11.6 Å². The number of aromatic nitrogens is 3. The zero-order chi connectivity index (χ0) is 26.5. The van der Waals surface area contributed by atoms with Gasteiger partial charge in [-0.1, -0.05) is 53.5 Å². The molecule has 0 saturated heterocycles. The first kappa shape index (κ1) is 26.5. The second kappa shape index (κ2) is 11.7. The molecule has 188 valence electrons. The van der Waals surface area contributed by atoms with Crippen molar-refractivity contribution in [3.05, 3.63) is 110 Å². The van der Waals surface area contributed by atoms with Crippen LogP contribution in [0.2, 0.25) is 10.0 Å². The van der Waals surface area contributed by atoms with Gasteiger partial charge >= 0.3 is 0 Å². The van der Waals surface area contributed by atoms with E-state index in [4.69, 9.17) is 23.2 Å². The number of benzene rings is 2. The standard InChI is InChI=1S/C26H19BrCl2FN5O2/c1-15-10-17(28)11-18(26(37)32-14-16-6-3-2-4-7-16)24(15)33-23(36)12-20(30)21-13-22(27)34-35(21)25-19(29)8-5-9-31-25/h2-13H,14H2,1H3,(H,32,37)(H,33,36)/b20-12+. The van der Waals surface area contributed by atoms with E-state index in [1.54, 1.807) is 25.1 Å². The lowest BCUT2D eigenvalue weighted by molar-refractivity contribution is -0.111. The van der Waals surface area contributed by atoms with Crippen molar-refractivity contribution in [2.45, 2.75) is 13.5 Å². The van der Waals surface area contributed by atoms with Crippen LogP contribution in [0.4, 0.5) is 10.1 Å². The predicted molar refractivity (Wildman–Crippen MR) is 146 cm³/mol. The van der Waals surface area contributed by atoms with Crippen LogP contribution in [-0.2, 0) is 11.3 Å². The van der Waals surface area contributed by atoms with Crippen molar-refractivity contribution in [2.75, 3.05) is 5.32 Å². The Labute approximate surface area is 230 Å². The highest BCUT2D eigenvalue weighted by Crippen LogP contribution is 2.28. The Balaban J connectivity index is 1.59. The fraction of sp³-hybridized carbons (Fsp3) is 0.0769. The third-order valence-corrected chi connectivity index (χ3v) is 6.11. The number of anilines is 1. The molecular weight excluding hydrogens is 584 g/mol. The highest BCUT2D eigenvalue weighted by molar-refractivity contribution is 9.10. The van der Waals surface area contributed by atoms with Gasteiger partial charge in [0.2, 0.25) is 0 Å². The van der Waals surface area contributed by atoms with E-state index in [2.05, 4.69) is 36.6 Å². The Morgan fingerprint density at radius 2 is 1.86 bits per heavy atom. The lowest BCUT2D eigenvalue weighted by Gasteiger charge is -2.14. The summed E-state index contributed by atoms with van der Waals surface area (Å²) < 4.78 is 16.8. The third-order valence-electron chi connectivity index (χ3n) is 5.21. The van der Waals surface area contributed by atoms with Crippen molar-refractivity contribution in [1.82, 2.24) is 20.1 Å². The largest absolute Gasteiger partial charge is 0.348 e. The van der Waals surface area contributed by atoms with Crippen LogP contribution in [0, 0.1) is 6.92 Å². The number of rotatable bonds is 7. The van der Waals surface area contributed by atoms with Gasteiger partial charge in [0.05, 0.1) is 16.3 Å². The molecule has 0 spiro atoms. The molecule has 4 aromatic rings. The van der Waals surface area contributed by atoms with E-state index < -0.39 is 17.6 Å². The maximum atomic E-state index is 15.3. The number of nitrogens with zero attached hydrogens (tertiary/aromatic N) is 3. The highest BCUT2D eigenvalue weighted by atomic mass is 79.9. The normalized spacial score (nSPS) is 11.3. The fourth-order valence-corrected chi connectivity index (χ4v) is 4.38. The topological polar surface area (TPSA) is 88.9 Å². The summed E-state index contributed by atoms with van der Waals surface area (Å²) in [6.45, 7) is 1.97. The first-order valence-electron chi connectivity index (χ1n) is 10.9. The molecule has 0 radical (unpaired) electrons. The molecule has 11 heteroatoms. The van der Waals surface area contributed by atoms with Crippen LogP contribution in [0.3, 0.4) is 0 Å². The number of carbonyl (C=O) groups excluding carboxylic acids is 2. The Bertz CT molecular complexity index is 1510. The van der Waals surface area contributed by atoms with Gasteiger partial charge in [-0.05, 0) is 58.2 Å². The summed E-state index contributed by atoms with van der Waals surface area (Å²) in [4.78, 5) is 29.9. The molecule has 4 rings (SSSR count). The Hall–Kier alpha value is -3.53. The quantitative estimate of drug-likeness (QED) is 0.236. The zero-order valence-electron chi connectivity index (χ0n) is 19.3. The molecular formula is C26H19BrCl2FN5O2. The van der Waals surface area contributed by atoms with Crippen molar-refractivity contribution in [3.63, 3.8) is 0 Å².